The number of carboxylic acids is 1. The third-order valence-electron chi connectivity index (χ3n) is 2.43. The number of nitrogens with zero attached hydrogens (tertiary/aromatic N) is 1. The van der Waals surface area contributed by atoms with Crippen LogP contribution in [-0.2, 0) is 4.79 Å². The number of thioether (sulfide) groups is 1. The van der Waals surface area contributed by atoms with Gasteiger partial charge in [-0.1, -0.05) is 5.16 Å². The number of hydrogen-bond acceptors (Lipinski definition) is 5. The number of carbonyl (C=O) groups is 2. The van der Waals surface area contributed by atoms with Crippen LogP contribution < -0.4 is 5.32 Å². The summed E-state index contributed by atoms with van der Waals surface area (Å²) in [4.78, 5) is 23.0. The maximum Gasteiger partial charge on any atom is 0.338 e. The van der Waals surface area contributed by atoms with Gasteiger partial charge in [-0.25, -0.2) is 9.18 Å². The fourth-order valence-electron chi connectivity index (χ4n) is 1.51. The summed E-state index contributed by atoms with van der Waals surface area (Å²) in [6.07, 6.45) is 0. The molecule has 2 aromatic rings. The molecule has 1 heterocycles. The molecule has 0 fully saturated rings. The van der Waals surface area contributed by atoms with Gasteiger partial charge >= 0.3 is 5.97 Å². The zero-order valence-corrected chi connectivity index (χ0v) is 11.7. The van der Waals surface area contributed by atoms with Gasteiger partial charge in [0, 0.05) is 11.0 Å². The Hall–Kier alpha value is -2.35. The van der Waals surface area contributed by atoms with Crippen LogP contribution in [0, 0.1) is 12.7 Å². The summed E-state index contributed by atoms with van der Waals surface area (Å²) >= 11 is 1.09. The molecule has 1 aromatic heterocycles. The lowest BCUT2D eigenvalue weighted by atomic mass is 10.2. The Labute approximate surface area is 123 Å². The number of aromatic nitrogens is 1. The van der Waals surface area contributed by atoms with Gasteiger partial charge in [0.15, 0.2) is 5.82 Å². The summed E-state index contributed by atoms with van der Waals surface area (Å²) in [6.45, 7) is 1.70. The molecule has 110 valence electrons. The highest BCUT2D eigenvalue weighted by Crippen LogP contribution is 2.21. The predicted octanol–water partition coefficient (Wildman–Crippen LogP) is 2.55. The topological polar surface area (TPSA) is 92.4 Å². The lowest BCUT2D eigenvalue weighted by Crippen LogP contribution is -2.14. The predicted molar refractivity (Wildman–Crippen MR) is 74.0 cm³/mol. The quantitative estimate of drug-likeness (QED) is 0.825. The first-order valence-electron chi connectivity index (χ1n) is 5.84. The Balaban J connectivity index is 1.95. The van der Waals surface area contributed by atoms with E-state index in [0.717, 1.165) is 17.8 Å². The van der Waals surface area contributed by atoms with Crippen LogP contribution in [-0.4, -0.2) is 27.9 Å². The van der Waals surface area contributed by atoms with Crippen LogP contribution in [0.3, 0.4) is 0 Å². The molecular weight excluding hydrogens is 299 g/mol. The smallest absolute Gasteiger partial charge is 0.338 e. The highest BCUT2D eigenvalue weighted by Gasteiger charge is 2.12. The molecule has 2 N–H and O–H groups in total. The second kappa shape index (κ2) is 6.40. The Morgan fingerprint density at radius 3 is 2.81 bits per heavy atom. The number of hydrogen-bond donors (Lipinski definition) is 2. The van der Waals surface area contributed by atoms with E-state index in [0.29, 0.717) is 16.5 Å². The summed E-state index contributed by atoms with van der Waals surface area (Å²) in [5.41, 5.74) is -0.424. The monoisotopic (exact) mass is 310 g/mol. The maximum absolute atomic E-state index is 13.2. The van der Waals surface area contributed by atoms with Crippen molar-refractivity contribution in [2.24, 2.45) is 0 Å². The highest BCUT2D eigenvalue weighted by molar-refractivity contribution is 8.00. The van der Waals surface area contributed by atoms with Crippen molar-refractivity contribution in [2.45, 2.75) is 11.8 Å². The molecule has 2 rings (SSSR count). The summed E-state index contributed by atoms with van der Waals surface area (Å²) in [5, 5.41) is 15.0. The number of carbonyl (C=O) groups excluding carboxylic acids is 1. The van der Waals surface area contributed by atoms with E-state index < -0.39 is 17.3 Å². The minimum Gasteiger partial charge on any atom is -0.478 e. The Bertz CT molecular complexity index is 687. The average Bonchev–Trinajstić information content (AvgIpc) is 2.82. The molecule has 1 amide bonds. The summed E-state index contributed by atoms with van der Waals surface area (Å²) in [7, 11) is 0. The zero-order chi connectivity index (χ0) is 15.4. The summed E-state index contributed by atoms with van der Waals surface area (Å²) in [5.74, 6) is -1.57. The van der Waals surface area contributed by atoms with Crippen molar-refractivity contribution in [2.75, 3.05) is 11.1 Å². The van der Waals surface area contributed by atoms with Gasteiger partial charge < -0.3 is 14.9 Å². The number of anilines is 1. The molecule has 0 saturated carbocycles. The van der Waals surface area contributed by atoms with Crippen LogP contribution in [0.2, 0.25) is 0 Å². The molecular formula is C13H11FN2O4S. The molecule has 0 bridgehead atoms. The molecule has 0 aliphatic heterocycles. The number of rotatable bonds is 5. The van der Waals surface area contributed by atoms with Gasteiger partial charge in [0.05, 0.1) is 11.3 Å². The van der Waals surface area contributed by atoms with E-state index in [-0.39, 0.29) is 11.7 Å². The summed E-state index contributed by atoms with van der Waals surface area (Å²) in [6, 6.07) is 5.24. The van der Waals surface area contributed by atoms with Crippen molar-refractivity contribution >= 4 is 29.5 Å². The maximum atomic E-state index is 13.2. The number of carboxylic acid groups (broad SMARTS) is 1. The standard InChI is InChI=1S/C13H11FN2O4S/c1-7-4-11(16-20-7)15-12(17)6-21-8-2-3-10(14)9(5-8)13(18)19/h2-5H,6H2,1H3,(H,18,19)(H,15,16,17). The Morgan fingerprint density at radius 1 is 1.43 bits per heavy atom. The van der Waals surface area contributed by atoms with Gasteiger partial charge in [-0.3, -0.25) is 4.79 Å². The van der Waals surface area contributed by atoms with Crippen LogP contribution in [0.4, 0.5) is 10.2 Å². The molecule has 0 spiro atoms. The van der Waals surface area contributed by atoms with Crippen molar-refractivity contribution in [3.05, 3.63) is 41.4 Å². The van der Waals surface area contributed by atoms with Crippen molar-refractivity contribution in [3.8, 4) is 0 Å². The molecule has 0 radical (unpaired) electrons. The largest absolute Gasteiger partial charge is 0.478 e. The normalized spacial score (nSPS) is 10.4. The number of aryl methyl sites for hydroxylation is 1. The van der Waals surface area contributed by atoms with E-state index in [1.54, 1.807) is 13.0 Å². The van der Waals surface area contributed by atoms with E-state index >= 15 is 0 Å². The fraction of sp³-hybridized carbons (Fsp3) is 0.154. The van der Waals surface area contributed by atoms with Crippen molar-refractivity contribution in [3.63, 3.8) is 0 Å². The fourth-order valence-corrected chi connectivity index (χ4v) is 2.25. The lowest BCUT2D eigenvalue weighted by Gasteiger charge is -2.04. The molecule has 1 aromatic carbocycles. The van der Waals surface area contributed by atoms with E-state index in [4.69, 9.17) is 9.63 Å². The lowest BCUT2D eigenvalue weighted by molar-refractivity contribution is -0.113. The number of nitrogens with one attached hydrogen (secondary N) is 1. The van der Waals surface area contributed by atoms with Gasteiger partial charge in [-0.05, 0) is 25.1 Å². The molecule has 21 heavy (non-hydrogen) atoms. The van der Waals surface area contributed by atoms with E-state index in [2.05, 4.69) is 10.5 Å². The third kappa shape index (κ3) is 4.06. The van der Waals surface area contributed by atoms with Crippen molar-refractivity contribution < 1.29 is 23.6 Å². The molecule has 0 saturated heterocycles. The number of benzene rings is 1. The van der Waals surface area contributed by atoms with E-state index in [9.17, 15) is 14.0 Å². The van der Waals surface area contributed by atoms with Gasteiger partial charge in [0.25, 0.3) is 0 Å². The first kappa shape index (κ1) is 15.0. The SMILES string of the molecule is Cc1cc(NC(=O)CSc2ccc(F)c(C(=O)O)c2)no1. The average molecular weight is 310 g/mol. The van der Waals surface area contributed by atoms with Crippen LogP contribution in [0.25, 0.3) is 0 Å². The molecule has 8 heteroatoms. The van der Waals surface area contributed by atoms with Gasteiger partial charge in [-0.15, -0.1) is 11.8 Å². The second-order valence-corrected chi connectivity index (χ2v) is 5.16. The first-order valence-corrected chi connectivity index (χ1v) is 6.83. The number of amides is 1. The Morgan fingerprint density at radius 2 is 2.19 bits per heavy atom. The molecule has 0 atom stereocenters. The van der Waals surface area contributed by atoms with Crippen molar-refractivity contribution in [1.82, 2.24) is 5.16 Å². The van der Waals surface area contributed by atoms with E-state index in [1.165, 1.54) is 12.1 Å². The van der Waals surface area contributed by atoms with Gasteiger partial charge in [-0.2, -0.15) is 0 Å². The van der Waals surface area contributed by atoms with Crippen LogP contribution >= 0.6 is 11.8 Å². The van der Waals surface area contributed by atoms with E-state index in [1.807, 2.05) is 0 Å². The molecule has 0 unspecified atom stereocenters. The Kier molecular flexibility index (Phi) is 4.59. The minimum absolute atomic E-state index is 0.0383. The number of aromatic carboxylic acids is 1. The van der Waals surface area contributed by atoms with Crippen molar-refractivity contribution in [1.29, 1.82) is 0 Å². The van der Waals surface area contributed by atoms with Crippen LogP contribution in [0.1, 0.15) is 16.1 Å². The highest BCUT2D eigenvalue weighted by atomic mass is 32.2. The molecule has 0 aliphatic rings. The number of halogens is 1. The first-order chi connectivity index (χ1) is 9.95. The van der Waals surface area contributed by atoms with Gasteiger partial charge in [0.2, 0.25) is 5.91 Å². The van der Waals surface area contributed by atoms with Gasteiger partial charge in [0.1, 0.15) is 11.6 Å². The summed E-state index contributed by atoms with van der Waals surface area (Å²) < 4.78 is 18.0. The minimum atomic E-state index is -1.35. The third-order valence-corrected chi connectivity index (χ3v) is 3.43. The zero-order valence-electron chi connectivity index (χ0n) is 10.9. The second-order valence-electron chi connectivity index (χ2n) is 4.11. The van der Waals surface area contributed by atoms with Crippen LogP contribution in [0.15, 0.2) is 33.7 Å². The van der Waals surface area contributed by atoms with Crippen LogP contribution in [0.5, 0.6) is 0 Å². The molecule has 0 aliphatic carbocycles. The molecule has 6 nitrogen and oxygen atoms in total.